The lowest BCUT2D eigenvalue weighted by molar-refractivity contribution is 0.0697. The monoisotopic (exact) mass is 256 g/mol. The van der Waals surface area contributed by atoms with Crippen LogP contribution in [0.2, 0.25) is 5.02 Å². The maximum atomic E-state index is 11.0. The van der Waals surface area contributed by atoms with Crippen LogP contribution in [-0.2, 0) is 4.74 Å². The van der Waals surface area contributed by atoms with E-state index in [1.165, 1.54) is 12.3 Å². The van der Waals surface area contributed by atoms with Crippen LogP contribution in [0.4, 0.5) is 5.82 Å². The largest absolute Gasteiger partial charge is 0.478 e. The molecule has 0 atom stereocenters. The number of carboxylic acids is 1. The summed E-state index contributed by atoms with van der Waals surface area (Å²) in [6.07, 6.45) is 2.35. The predicted molar refractivity (Wildman–Crippen MR) is 63.9 cm³/mol. The molecule has 1 saturated heterocycles. The van der Waals surface area contributed by atoms with E-state index in [9.17, 15) is 4.79 Å². The zero-order valence-electron chi connectivity index (χ0n) is 9.23. The minimum atomic E-state index is -1.04. The van der Waals surface area contributed by atoms with Crippen molar-refractivity contribution in [3.05, 3.63) is 22.8 Å². The van der Waals surface area contributed by atoms with Gasteiger partial charge in [-0.2, -0.15) is 0 Å². The van der Waals surface area contributed by atoms with Gasteiger partial charge in [0.1, 0.15) is 5.82 Å². The van der Waals surface area contributed by atoms with Crippen molar-refractivity contribution in [2.75, 3.05) is 31.2 Å². The first-order chi connectivity index (χ1) is 8.20. The van der Waals surface area contributed by atoms with E-state index in [0.29, 0.717) is 25.6 Å². The molecule has 17 heavy (non-hydrogen) atoms. The molecule has 0 unspecified atom stereocenters. The molecule has 0 aromatic carbocycles. The Morgan fingerprint density at radius 2 is 2.29 bits per heavy atom. The SMILES string of the molecule is O=C(O)c1ccnc(N2CCCOCC2)c1Cl. The van der Waals surface area contributed by atoms with Gasteiger partial charge in [0, 0.05) is 25.9 Å². The van der Waals surface area contributed by atoms with Gasteiger partial charge in [-0.25, -0.2) is 9.78 Å². The van der Waals surface area contributed by atoms with Crippen LogP contribution in [0, 0.1) is 0 Å². The summed E-state index contributed by atoms with van der Waals surface area (Å²) in [5.74, 6) is -0.512. The summed E-state index contributed by atoms with van der Waals surface area (Å²) in [5, 5.41) is 9.18. The highest BCUT2D eigenvalue weighted by Gasteiger charge is 2.19. The smallest absolute Gasteiger partial charge is 0.337 e. The highest BCUT2D eigenvalue weighted by atomic mass is 35.5. The molecular weight excluding hydrogens is 244 g/mol. The first-order valence-corrected chi connectivity index (χ1v) is 5.78. The summed E-state index contributed by atoms with van der Waals surface area (Å²) in [4.78, 5) is 17.1. The van der Waals surface area contributed by atoms with Crippen LogP contribution in [0.25, 0.3) is 0 Å². The van der Waals surface area contributed by atoms with E-state index < -0.39 is 5.97 Å². The number of carbonyl (C=O) groups is 1. The van der Waals surface area contributed by atoms with Gasteiger partial charge in [-0.05, 0) is 12.5 Å². The number of anilines is 1. The fourth-order valence-corrected chi connectivity index (χ4v) is 2.09. The highest BCUT2D eigenvalue weighted by molar-refractivity contribution is 6.35. The van der Waals surface area contributed by atoms with Crippen molar-refractivity contribution >= 4 is 23.4 Å². The summed E-state index contributed by atoms with van der Waals surface area (Å²) in [7, 11) is 0. The van der Waals surface area contributed by atoms with Crippen molar-refractivity contribution in [3.8, 4) is 0 Å². The van der Waals surface area contributed by atoms with Gasteiger partial charge in [0.05, 0.1) is 17.2 Å². The third-order valence-electron chi connectivity index (χ3n) is 2.62. The molecular formula is C11H13ClN2O3. The Morgan fingerprint density at radius 3 is 3.06 bits per heavy atom. The van der Waals surface area contributed by atoms with Crippen molar-refractivity contribution in [1.82, 2.24) is 4.98 Å². The molecule has 1 aromatic heterocycles. The van der Waals surface area contributed by atoms with E-state index in [4.69, 9.17) is 21.4 Å². The summed E-state index contributed by atoms with van der Waals surface area (Å²) in [5.41, 5.74) is 0.0850. The van der Waals surface area contributed by atoms with E-state index in [1.807, 2.05) is 4.90 Å². The molecule has 92 valence electrons. The molecule has 5 nitrogen and oxygen atoms in total. The topological polar surface area (TPSA) is 62.7 Å². The van der Waals surface area contributed by atoms with Crippen LogP contribution in [0.15, 0.2) is 12.3 Å². The number of rotatable bonds is 2. The minimum absolute atomic E-state index is 0.0850. The number of pyridine rings is 1. The number of ether oxygens (including phenoxy) is 1. The van der Waals surface area contributed by atoms with E-state index in [2.05, 4.69) is 4.98 Å². The van der Waals surface area contributed by atoms with Gasteiger partial charge in [0.2, 0.25) is 0 Å². The lowest BCUT2D eigenvalue weighted by atomic mass is 10.2. The minimum Gasteiger partial charge on any atom is -0.478 e. The second kappa shape index (κ2) is 5.33. The predicted octanol–water partition coefficient (Wildman–Crippen LogP) is 1.66. The Labute approximate surface area is 104 Å². The molecule has 0 bridgehead atoms. The maximum absolute atomic E-state index is 11.0. The molecule has 6 heteroatoms. The summed E-state index contributed by atoms with van der Waals surface area (Å²) in [6.45, 7) is 2.77. The molecule has 0 radical (unpaired) electrons. The zero-order chi connectivity index (χ0) is 12.3. The second-order valence-corrected chi connectivity index (χ2v) is 4.13. The number of aromatic carboxylic acids is 1. The summed E-state index contributed by atoms with van der Waals surface area (Å²) in [6, 6.07) is 1.41. The average Bonchev–Trinajstić information content (AvgIpc) is 2.57. The average molecular weight is 257 g/mol. The van der Waals surface area contributed by atoms with Crippen LogP contribution < -0.4 is 4.90 Å². The molecule has 0 amide bonds. The number of aromatic nitrogens is 1. The van der Waals surface area contributed by atoms with E-state index in [-0.39, 0.29) is 10.6 Å². The molecule has 1 aromatic rings. The van der Waals surface area contributed by atoms with Gasteiger partial charge in [0.15, 0.2) is 0 Å². The molecule has 0 saturated carbocycles. The van der Waals surface area contributed by atoms with Gasteiger partial charge in [-0.3, -0.25) is 0 Å². The molecule has 2 heterocycles. The van der Waals surface area contributed by atoms with Gasteiger partial charge in [0.25, 0.3) is 0 Å². The Bertz CT molecular complexity index is 417. The molecule has 2 rings (SSSR count). The number of hydrogen-bond donors (Lipinski definition) is 1. The Balaban J connectivity index is 2.30. The number of hydrogen-bond acceptors (Lipinski definition) is 4. The van der Waals surface area contributed by atoms with Gasteiger partial charge in [-0.1, -0.05) is 11.6 Å². The third-order valence-corrected chi connectivity index (χ3v) is 3.00. The fourth-order valence-electron chi connectivity index (χ4n) is 1.78. The van der Waals surface area contributed by atoms with Crippen LogP contribution in [0.3, 0.4) is 0 Å². The zero-order valence-corrected chi connectivity index (χ0v) is 9.98. The van der Waals surface area contributed by atoms with Crippen molar-refractivity contribution in [2.24, 2.45) is 0 Å². The van der Waals surface area contributed by atoms with Crippen molar-refractivity contribution < 1.29 is 14.6 Å². The summed E-state index contributed by atoms with van der Waals surface area (Å²) < 4.78 is 5.33. The molecule has 1 fully saturated rings. The van der Waals surface area contributed by atoms with Gasteiger partial charge >= 0.3 is 5.97 Å². The number of halogens is 1. The van der Waals surface area contributed by atoms with Gasteiger partial charge in [-0.15, -0.1) is 0 Å². The third kappa shape index (κ3) is 2.68. The first-order valence-electron chi connectivity index (χ1n) is 5.40. The second-order valence-electron chi connectivity index (χ2n) is 3.75. The van der Waals surface area contributed by atoms with Gasteiger partial charge < -0.3 is 14.7 Å². The Hall–Kier alpha value is -1.33. The Kier molecular flexibility index (Phi) is 3.81. The summed E-state index contributed by atoms with van der Waals surface area (Å²) >= 11 is 6.06. The number of nitrogens with zero attached hydrogens (tertiary/aromatic N) is 2. The standard InChI is InChI=1S/C11H13ClN2O3/c12-9-8(11(15)16)2-3-13-10(9)14-4-1-6-17-7-5-14/h2-3H,1,4-7H2,(H,15,16). The molecule has 0 aliphatic carbocycles. The van der Waals surface area contributed by atoms with Crippen LogP contribution in [0.5, 0.6) is 0 Å². The van der Waals surface area contributed by atoms with Crippen LogP contribution in [0.1, 0.15) is 16.8 Å². The van der Waals surface area contributed by atoms with Crippen molar-refractivity contribution in [3.63, 3.8) is 0 Å². The van der Waals surface area contributed by atoms with Crippen molar-refractivity contribution in [1.29, 1.82) is 0 Å². The molecule has 1 aliphatic rings. The van der Waals surface area contributed by atoms with Crippen LogP contribution in [-0.4, -0.2) is 42.4 Å². The van der Waals surface area contributed by atoms with E-state index in [1.54, 1.807) is 0 Å². The quantitative estimate of drug-likeness (QED) is 0.872. The molecule has 1 N–H and O–H groups in total. The molecule has 1 aliphatic heterocycles. The number of carboxylic acid groups (broad SMARTS) is 1. The highest BCUT2D eigenvalue weighted by Crippen LogP contribution is 2.27. The maximum Gasteiger partial charge on any atom is 0.337 e. The molecule has 0 spiro atoms. The first kappa shape index (κ1) is 12.1. The van der Waals surface area contributed by atoms with E-state index >= 15 is 0 Å². The van der Waals surface area contributed by atoms with E-state index in [0.717, 1.165) is 13.0 Å². The Morgan fingerprint density at radius 1 is 1.47 bits per heavy atom. The van der Waals surface area contributed by atoms with Crippen LogP contribution >= 0.6 is 11.6 Å². The lowest BCUT2D eigenvalue weighted by Gasteiger charge is -2.22. The fraction of sp³-hybridized carbons (Fsp3) is 0.455. The normalized spacial score (nSPS) is 16.6. The van der Waals surface area contributed by atoms with Crippen molar-refractivity contribution in [2.45, 2.75) is 6.42 Å². The lowest BCUT2D eigenvalue weighted by Crippen LogP contribution is -2.27.